The zero-order valence-electron chi connectivity index (χ0n) is 13.4. The van der Waals surface area contributed by atoms with Crippen LogP contribution in [-0.4, -0.2) is 36.6 Å². The molecule has 2 rings (SSSR count). The SMILES string of the molecule is CCC1(CC)CN(CC2(C)CCCCC2)CCCN1. The third kappa shape index (κ3) is 3.95. The van der Waals surface area contributed by atoms with E-state index in [-0.39, 0.29) is 0 Å². The maximum atomic E-state index is 3.83. The third-order valence-electron chi connectivity index (χ3n) is 5.70. The molecular weight excluding hydrogens is 232 g/mol. The highest BCUT2D eigenvalue weighted by molar-refractivity contribution is 4.93. The van der Waals surface area contributed by atoms with Crippen LogP contribution in [0.15, 0.2) is 0 Å². The lowest BCUT2D eigenvalue weighted by Crippen LogP contribution is -2.52. The van der Waals surface area contributed by atoms with Crippen LogP contribution in [0.4, 0.5) is 0 Å². The second-order valence-electron chi connectivity index (χ2n) is 7.35. The van der Waals surface area contributed by atoms with Gasteiger partial charge in [-0.1, -0.05) is 40.0 Å². The molecule has 0 radical (unpaired) electrons. The van der Waals surface area contributed by atoms with E-state index in [1.807, 2.05) is 0 Å². The Hall–Kier alpha value is -0.0800. The fourth-order valence-electron chi connectivity index (χ4n) is 4.18. The van der Waals surface area contributed by atoms with Crippen LogP contribution in [0.1, 0.15) is 72.1 Å². The Labute approximate surface area is 120 Å². The quantitative estimate of drug-likeness (QED) is 0.832. The first-order valence-electron chi connectivity index (χ1n) is 8.59. The molecule has 1 N–H and O–H groups in total. The molecule has 0 aromatic carbocycles. The van der Waals surface area contributed by atoms with Crippen molar-refractivity contribution < 1.29 is 0 Å². The van der Waals surface area contributed by atoms with Gasteiger partial charge in [-0.2, -0.15) is 0 Å². The molecule has 2 aliphatic rings. The summed E-state index contributed by atoms with van der Waals surface area (Å²) in [6.45, 7) is 12.3. The summed E-state index contributed by atoms with van der Waals surface area (Å²) in [5.41, 5.74) is 0.970. The van der Waals surface area contributed by atoms with Crippen LogP contribution in [-0.2, 0) is 0 Å². The Morgan fingerprint density at radius 3 is 2.32 bits per heavy atom. The fraction of sp³-hybridized carbons (Fsp3) is 1.00. The van der Waals surface area contributed by atoms with Gasteiger partial charge in [0.2, 0.25) is 0 Å². The van der Waals surface area contributed by atoms with Crippen LogP contribution in [0, 0.1) is 5.41 Å². The Morgan fingerprint density at radius 1 is 1.00 bits per heavy atom. The topological polar surface area (TPSA) is 15.3 Å². The van der Waals surface area contributed by atoms with E-state index in [0.29, 0.717) is 11.0 Å². The van der Waals surface area contributed by atoms with E-state index in [9.17, 15) is 0 Å². The first-order valence-corrected chi connectivity index (χ1v) is 8.59. The summed E-state index contributed by atoms with van der Waals surface area (Å²) in [4.78, 5) is 2.78. The lowest BCUT2D eigenvalue weighted by Gasteiger charge is -2.41. The van der Waals surface area contributed by atoms with Crippen molar-refractivity contribution in [2.24, 2.45) is 5.41 Å². The summed E-state index contributed by atoms with van der Waals surface area (Å²) in [5, 5.41) is 3.83. The summed E-state index contributed by atoms with van der Waals surface area (Å²) in [6, 6.07) is 0. The molecule has 0 amide bonds. The fourth-order valence-corrected chi connectivity index (χ4v) is 4.18. The van der Waals surface area contributed by atoms with Crippen molar-refractivity contribution in [1.82, 2.24) is 10.2 Å². The van der Waals surface area contributed by atoms with Gasteiger partial charge < -0.3 is 10.2 Å². The van der Waals surface area contributed by atoms with E-state index in [0.717, 1.165) is 0 Å². The molecule has 0 atom stereocenters. The van der Waals surface area contributed by atoms with Crippen LogP contribution >= 0.6 is 0 Å². The predicted molar refractivity (Wildman–Crippen MR) is 83.6 cm³/mol. The summed E-state index contributed by atoms with van der Waals surface area (Å²) < 4.78 is 0. The second kappa shape index (κ2) is 6.58. The molecule has 1 saturated carbocycles. The van der Waals surface area contributed by atoms with Crippen LogP contribution in [0.3, 0.4) is 0 Å². The van der Waals surface area contributed by atoms with Crippen molar-refractivity contribution in [3.8, 4) is 0 Å². The van der Waals surface area contributed by atoms with Gasteiger partial charge in [0, 0.05) is 18.6 Å². The van der Waals surface area contributed by atoms with E-state index in [1.165, 1.54) is 77.5 Å². The number of hydrogen-bond acceptors (Lipinski definition) is 2. The van der Waals surface area contributed by atoms with Gasteiger partial charge in [-0.3, -0.25) is 0 Å². The van der Waals surface area contributed by atoms with Crippen molar-refractivity contribution in [2.75, 3.05) is 26.2 Å². The molecule has 0 aromatic heterocycles. The molecule has 1 aliphatic heterocycles. The highest BCUT2D eigenvalue weighted by Crippen LogP contribution is 2.37. The highest BCUT2D eigenvalue weighted by Gasteiger charge is 2.34. The van der Waals surface area contributed by atoms with E-state index in [2.05, 4.69) is 31.0 Å². The number of hydrogen-bond donors (Lipinski definition) is 1. The van der Waals surface area contributed by atoms with Crippen LogP contribution in [0.2, 0.25) is 0 Å². The van der Waals surface area contributed by atoms with Gasteiger partial charge >= 0.3 is 0 Å². The molecule has 1 aliphatic carbocycles. The molecule has 1 saturated heterocycles. The molecule has 2 nitrogen and oxygen atoms in total. The molecule has 2 fully saturated rings. The summed E-state index contributed by atoms with van der Waals surface area (Å²) in [7, 11) is 0. The minimum absolute atomic E-state index is 0.377. The summed E-state index contributed by atoms with van der Waals surface area (Å²) >= 11 is 0. The third-order valence-corrected chi connectivity index (χ3v) is 5.70. The van der Waals surface area contributed by atoms with Gasteiger partial charge in [-0.25, -0.2) is 0 Å². The smallest absolute Gasteiger partial charge is 0.0303 e. The van der Waals surface area contributed by atoms with E-state index in [1.54, 1.807) is 0 Å². The number of nitrogens with one attached hydrogen (secondary N) is 1. The normalized spacial score (nSPS) is 27.9. The average Bonchev–Trinajstić information content (AvgIpc) is 2.62. The molecule has 0 spiro atoms. The molecule has 0 aromatic rings. The van der Waals surface area contributed by atoms with Crippen LogP contribution in [0.25, 0.3) is 0 Å². The predicted octanol–water partition coefficient (Wildman–Crippen LogP) is 3.81. The van der Waals surface area contributed by atoms with E-state index in [4.69, 9.17) is 0 Å². The van der Waals surface area contributed by atoms with E-state index < -0.39 is 0 Å². The minimum atomic E-state index is 0.377. The lowest BCUT2D eigenvalue weighted by molar-refractivity contribution is 0.102. The molecule has 0 unspecified atom stereocenters. The van der Waals surface area contributed by atoms with Crippen molar-refractivity contribution >= 4 is 0 Å². The summed E-state index contributed by atoms with van der Waals surface area (Å²) in [6.07, 6.45) is 11.1. The maximum absolute atomic E-state index is 3.83. The molecule has 112 valence electrons. The van der Waals surface area contributed by atoms with E-state index >= 15 is 0 Å². The standard InChI is InChI=1S/C17H34N2/c1-4-17(5-2)15-19(13-9-12-18-17)14-16(3)10-7-6-8-11-16/h18H,4-15H2,1-3H3. The minimum Gasteiger partial charge on any atom is -0.310 e. The Morgan fingerprint density at radius 2 is 1.68 bits per heavy atom. The largest absolute Gasteiger partial charge is 0.310 e. The maximum Gasteiger partial charge on any atom is 0.0303 e. The molecule has 2 heteroatoms. The van der Waals surface area contributed by atoms with Gasteiger partial charge in [0.05, 0.1) is 0 Å². The first kappa shape index (κ1) is 15.3. The molecular formula is C17H34N2. The van der Waals surface area contributed by atoms with Crippen LogP contribution < -0.4 is 5.32 Å². The first-order chi connectivity index (χ1) is 9.11. The van der Waals surface area contributed by atoms with Gasteiger partial charge in [0.15, 0.2) is 0 Å². The second-order valence-corrected chi connectivity index (χ2v) is 7.35. The Bertz CT molecular complexity index is 264. The Kier molecular flexibility index (Phi) is 5.30. The van der Waals surface area contributed by atoms with Crippen molar-refractivity contribution in [1.29, 1.82) is 0 Å². The number of rotatable bonds is 4. The lowest BCUT2D eigenvalue weighted by atomic mass is 9.75. The summed E-state index contributed by atoms with van der Waals surface area (Å²) in [5.74, 6) is 0. The average molecular weight is 266 g/mol. The zero-order valence-corrected chi connectivity index (χ0v) is 13.4. The zero-order chi connectivity index (χ0) is 13.8. The van der Waals surface area contributed by atoms with Crippen molar-refractivity contribution in [3.63, 3.8) is 0 Å². The molecule has 19 heavy (non-hydrogen) atoms. The number of nitrogens with zero attached hydrogens (tertiary/aromatic N) is 1. The molecule has 0 bridgehead atoms. The van der Waals surface area contributed by atoms with Gasteiger partial charge in [0.1, 0.15) is 0 Å². The van der Waals surface area contributed by atoms with Crippen molar-refractivity contribution in [3.05, 3.63) is 0 Å². The Balaban J connectivity index is 1.98. The van der Waals surface area contributed by atoms with Crippen LogP contribution in [0.5, 0.6) is 0 Å². The van der Waals surface area contributed by atoms with Gasteiger partial charge in [-0.15, -0.1) is 0 Å². The van der Waals surface area contributed by atoms with Crippen molar-refractivity contribution in [2.45, 2.75) is 77.7 Å². The monoisotopic (exact) mass is 266 g/mol. The van der Waals surface area contributed by atoms with Gasteiger partial charge in [0.25, 0.3) is 0 Å². The van der Waals surface area contributed by atoms with Gasteiger partial charge in [-0.05, 0) is 50.6 Å². The molecule has 1 heterocycles. The highest BCUT2D eigenvalue weighted by atomic mass is 15.2.